The molecule has 0 aliphatic carbocycles. The quantitative estimate of drug-likeness (QED) is 0.185. The minimum atomic E-state index is -4.33. The number of carbonyl (C=O) groups is 1. The van der Waals surface area contributed by atoms with Crippen molar-refractivity contribution in [3.63, 3.8) is 0 Å². The summed E-state index contributed by atoms with van der Waals surface area (Å²) in [7, 11) is -0.416. The predicted molar refractivity (Wildman–Crippen MR) is 149 cm³/mol. The van der Waals surface area contributed by atoms with Crippen LogP contribution in [0.15, 0.2) is 47.4 Å². The van der Waals surface area contributed by atoms with Gasteiger partial charge in [0.05, 0.1) is 16.0 Å². The van der Waals surface area contributed by atoms with Gasteiger partial charge in [0.15, 0.2) is 0 Å². The Hall–Kier alpha value is -3.71. The number of nitrogens with one attached hydrogen (secondary N) is 1. The fourth-order valence-corrected chi connectivity index (χ4v) is 6.30. The lowest BCUT2D eigenvalue weighted by Gasteiger charge is -2.18. The molecule has 0 unspecified atom stereocenters. The third-order valence-corrected chi connectivity index (χ3v) is 8.10. The van der Waals surface area contributed by atoms with E-state index in [1.165, 1.54) is 17.0 Å². The Kier molecular flexibility index (Phi) is 6.97. The number of hydrogen-bond acceptors (Lipinski definition) is 7. The molecule has 13 heteroatoms. The summed E-state index contributed by atoms with van der Waals surface area (Å²) in [5.41, 5.74) is 1.74. The first kappa shape index (κ1) is 26.9. The first-order valence-corrected chi connectivity index (χ1v) is 14.1. The number of anilines is 1. The van der Waals surface area contributed by atoms with Crippen molar-refractivity contribution in [2.75, 3.05) is 38.7 Å². The van der Waals surface area contributed by atoms with E-state index in [1.54, 1.807) is 12.1 Å². The molecule has 1 aromatic heterocycles. The van der Waals surface area contributed by atoms with E-state index in [-0.39, 0.29) is 34.2 Å². The number of fused-ring (bicyclic) bond motifs is 4. The summed E-state index contributed by atoms with van der Waals surface area (Å²) >= 11 is 5.94. The average molecular weight is 572 g/mol. The second kappa shape index (κ2) is 10.1. The highest BCUT2D eigenvalue weighted by molar-refractivity contribution is 7.89. The van der Waals surface area contributed by atoms with E-state index in [1.807, 2.05) is 37.2 Å². The molecule has 0 saturated heterocycles. The molecule has 2 heterocycles. The number of nitrogens with two attached hydrogens (primary N) is 1. The number of nitro benzene ring substituents is 1. The van der Waals surface area contributed by atoms with Gasteiger partial charge >= 0.3 is 0 Å². The molecule has 4 aromatic rings. The Morgan fingerprint density at radius 1 is 1.23 bits per heavy atom. The van der Waals surface area contributed by atoms with Crippen LogP contribution in [0.5, 0.6) is 5.75 Å². The number of primary sulfonamides is 1. The number of hydrogen-bond donors (Lipinski definition) is 2. The van der Waals surface area contributed by atoms with Gasteiger partial charge < -0.3 is 19.5 Å². The molecule has 11 nitrogen and oxygen atoms in total. The zero-order valence-corrected chi connectivity index (χ0v) is 22.8. The number of ether oxygens (including phenoxy) is 1. The van der Waals surface area contributed by atoms with Crippen LogP contribution in [0, 0.1) is 10.1 Å². The molecule has 0 fully saturated rings. The van der Waals surface area contributed by atoms with Crippen LogP contribution in [-0.2, 0) is 22.3 Å². The Morgan fingerprint density at radius 2 is 2.00 bits per heavy atom. The van der Waals surface area contributed by atoms with Crippen molar-refractivity contribution in [3.05, 3.63) is 69.4 Å². The monoisotopic (exact) mass is 571 g/mol. The highest BCUT2D eigenvalue weighted by Crippen LogP contribution is 2.43. The van der Waals surface area contributed by atoms with Gasteiger partial charge in [0.2, 0.25) is 10.0 Å². The molecule has 0 spiro atoms. The number of aromatic nitrogens is 1. The summed E-state index contributed by atoms with van der Waals surface area (Å²) in [6, 6.07) is 11.6. The minimum Gasteiger partial charge on any atom is -0.492 e. The second-order valence-corrected chi connectivity index (χ2v) is 11.4. The molecule has 3 N–H and O–H groups in total. The first-order valence-electron chi connectivity index (χ1n) is 12.1. The van der Waals surface area contributed by atoms with Crippen molar-refractivity contribution >= 4 is 60.6 Å². The summed E-state index contributed by atoms with van der Waals surface area (Å²) in [6.45, 7) is 1.54. The van der Waals surface area contributed by atoms with Crippen molar-refractivity contribution in [3.8, 4) is 5.75 Å². The topological polar surface area (TPSA) is 152 Å². The zero-order valence-electron chi connectivity index (χ0n) is 21.2. The van der Waals surface area contributed by atoms with E-state index in [0.29, 0.717) is 41.1 Å². The van der Waals surface area contributed by atoms with Crippen LogP contribution in [0.3, 0.4) is 0 Å². The van der Waals surface area contributed by atoms with Gasteiger partial charge in [-0.1, -0.05) is 12.1 Å². The number of halogens is 1. The van der Waals surface area contributed by atoms with E-state index in [9.17, 15) is 23.3 Å². The second-order valence-electron chi connectivity index (χ2n) is 9.60. The fraction of sp³-hybridized carbons (Fsp3) is 0.269. The molecule has 0 bridgehead atoms. The Morgan fingerprint density at radius 3 is 2.67 bits per heavy atom. The number of sulfonamides is 1. The van der Waals surface area contributed by atoms with Crippen LogP contribution >= 0.6 is 11.6 Å². The van der Waals surface area contributed by atoms with Crippen molar-refractivity contribution in [2.24, 2.45) is 5.14 Å². The Balaban J connectivity index is 1.56. The van der Waals surface area contributed by atoms with Gasteiger partial charge in [0, 0.05) is 35.9 Å². The van der Waals surface area contributed by atoms with Crippen molar-refractivity contribution < 1.29 is 22.9 Å². The number of benzene rings is 3. The van der Waals surface area contributed by atoms with Gasteiger partial charge in [-0.3, -0.25) is 14.9 Å². The van der Waals surface area contributed by atoms with Gasteiger partial charge in [-0.15, -0.1) is 11.6 Å². The van der Waals surface area contributed by atoms with Crippen molar-refractivity contribution in [2.45, 2.75) is 17.2 Å². The number of nitrogens with zero attached hydrogens (tertiary/aromatic N) is 3. The molecule has 39 heavy (non-hydrogen) atoms. The Bertz CT molecular complexity index is 1750. The molecule has 0 atom stereocenters. The maximum Gasteiger partial charge on any atom is 0.280 e. The molecule has 1 aliphatic heterocycles. The maximum atomic E-state index is 13.6. The van der Waals surface area contributed by atoms with E-state index in [0.717, 1.165) is 17.4 Å². The lowest BCUT2D eigenvalue weighted by atomic mass is 9.98. The third-order valence-electron chi connectivity index (χ3n) is 6.78. The Labute approximate surface area is 229 Å². The van der Waals surface area contributed by atoms with Gasteiger partial charge in [0.1, 0.15) is 22.9 Å². The largest absolute Gasteiger partial charge is 0.492 e. The fourth-order valence-electron chi connectivity index (χ4n) is 5.00. The summed E-state index contributed by atoms with van der Waals surface area (Å²) in [5, 5.41) is 18.6. The van der Waals surface area contributed by atoms with Crippen LogP contribution in [0.4, 0.5) is 11.4 Å². The maximum absolute atomic E-state index is 13.6. The predicted octanol–water partition coefficient (Wildman–Crippen LogP) is 3.76. The SMILES string of the molecule is CN(C)CCOc1ccc2[nH]c(C(=O)N3CCc4c3cc([N+](=O)[O-])c3c(S(N)(=O)=O)c(CCl)ccc43)cc2c1. The smallest absolute Gasteiger partial charge is 0.280 e. The highest BCUT2D eigenvalue weighted by atomic mass is 35.5. The van der Waals surface area contributed by atoms with Gasteiger partial charge in [-0.05, 0) is 61.3 Å². The molecular weight excluding hydrogens is 546 g/mol. The number of rotatable bonds is 8. The standard InChI is InChI=1S/C26H26ClN5O6S/c1-30(2)9-10-38-17-4-6-20-16(11-17)12-21(29-20)26(33)31-8-7-18-19-5-3-15(14-27)25(39(28,36)37)24(19)23(32(34)35)13-22(18)31/h3-6,11-13,29H,7-10,14H2,1-2H3,(H2,28,36,37). The van der Waals surface area contributed by atoms with E-state index < -0.39 is 20.6 Å². The summed E-state index contributed by atoms with van der Waals surface area (Å²) in [4.78, 5) is 31.3. The number of carbonyl (C=O) groups excluding carboxylic acids is 1. The van der Waals surface area contributed by atoms with Gasteiger partial charge in [-0.25, -0.2) is 13.6 Å². The molecular formula is C26H26ClN5O6S. The first-order chi connectivity index (χ1) is 18.5. The average Bonchev–Trinajstić information content (AvgIpc) is 3.50. The van der Waals surface area contributed by atoms with Crippen molar-refractivity contribution in [1.29, 1.82) is 0 Å². The van der Waals surface area contributed by atoms with Gasteiger partial charge in [-0.2, -0.15) is 0 Å². The van der Waals surface area contributed by atoms with E-state index >= 15 is 0 Å². The minimum absolute atomic E-state index is 0.0962. The van der Waals surface area contributed by atoms with Crippen LogP contribution in [0.25, 0.3) is 21.7 Å². The third kappa shape index (κ3) is 4.91. The molecule has 3 aromatic carbocycles. The number of alkyl halides is 1. The van der Waals surface area contributed by atoms with Crippen LogP contribution in [0.1, 0.15) is 21.6 Å². The highest BCUT2D eigenvalue weighted by Gasteiger charge is 2.34. The molecule has 5 rings (SSSR count). The summed E-state index contributed by atoms with van der Waals surface area (Å²) < 4.78 is 30.7. The number of likely N-dealkylation sites (N-methyl/N-ethyl adjacent to an activating group) is 1. The number of nitro groups is 1. The van der Waals surface area contributed by atoms with Gasteiger partial charge in [0.25, 0.3) is 11.6 Å². The number of amides is 1. The number of non-ortho nitro benzene ring substituents is 1. The molecule has 204 valence electrons. The number of aromatic amines is 1. The lowest BCUT2D eigenvalue weighted by molar-refractivity contribution is -0.383. The van der Waals surface area contributed by atoms with Crippen LogP contribution < -0.4 is 14.8 Å². The summed E-state index contributed by atoms with van der Waals surface area (Å²) in [6.07, 6.45) is 0.379. The molecule has 1 amide bonds. The zero-order chi connectivity index (χ0) is 28.1. The van der Waals surface area contributed by atoms with E-state index in [2.05, 4.69) is 4.98 Å². The lowest BCUT2D eigenvalue weighted by Crippen LogP contribution is -2.29. The van der Waals surface area contributed by atoms with Crippen molar-refractivity contribution in [1.82, 2.24) is 9.88 Å². The van der Waals surface area contributed by atoms with Crippen LogP contribution in [0.2, 0.25) is 0 Å². The molecule has 0 saturated carbocycles. The van der Waals surface area contributed by atoms with E-state index in [4.69, 9.17) is 21.5 Å². The normalized spacial score (nSPS) is 13.4. The summed E-state index contributed by atoms with van der Waals surface area (Å²) in [5.74, 6) is 0.124. The molecule has 1 aliphatic rings. The molecule has 0 radical (unpaired) electrons. The van der Waals surface area contributed by atoms with Crippen LogP contribution in [-0.4, -0.2) is 62.9 Å². The number of H-pyrrole nitrogens is 1.